The molecule has 16 heavy (non-hydrogen) atoms. The first-order valence-electron chi connectivity index (χ1n) is 4.94. The third-order valence-corrected chi connectivity index (χ3v) is 2.36. The molecule has 1 rings (SSSR count). The lowest BCUT2D eigenvalue weighted by atomic mass is 10.1. The van der Waals surface area contributed by atoms with Gasteiger partial charge in [-0.25, -0.2) is 0 Å². The zero-order chi connectivity index (χ0) is 12.3. The van der Waals surface area contributed by atoms with Gasteiger partial charge in [0.15, 0.2) is 0 Å². The van der Waals surface area contributed by atoms with Gasteiger partial charge in [-0.05, 0) is 38.5 Å². The van der Waals surface area contributed by atoms with E-state index in [-0.39, 0.29) is 12.4 Å². The first-order chi connectivity index (χ1) is 7.28. The first kappa shape index (κ1) is 13.3. The maximum Gasteiger partial charge on any atom is 0.310 e. The van der Waals surface area contributed by atoms with E-state index in [9.17, 15) is 4.79 Å². The Morgan fingerprint density at radius 2 is 1.94 bits per heavy atom. The Hall–Kier alpha value is -0.730. The molecule has 0 bridgehead atoms. The van der Waals surface area contributed by atoms with Crippen LogP contribution in [0.5, 0.6) is 0 Å². The number of hydrogen-bond donors (Lipinski definition) is 0. The van der Waals surface area contributed by atoms with Gasteiger partial charge in [-0.1, -0.05) is 29.3 Å². The summed E-state index contributed by atoms with van der Waals surface area (Å²) >= 11 is 11.7. The molecule has 2 nitrogen and oxygen atoms in total. The monoisotopic (exact) mass is 260 g/mol. The number of rotatable bonds is 2. The number of benzene rings is 1. The second-order valence-electron chi connectivity index (χ2n) is 4.50. The Morgan fingerprint density at radius 1 is 1.31 bits per heavy atom. The van der Waals surface area contributed by atoms with Gasteiger partial charge < -0.3 is 4.74 Å². The van der Waals surface area contributed by atoms with E-state index >= 15 is 0 Å². The molecule has 4 heteroatoms. The summed E-state index contributed by atoms with van der Waals surface area (Å²) in [6, 6.07) is 5.05. The van der Waals surface area contributed by atoms with Crippen LogP contribution in [0, 0.1) is 0 Å². The Labute approximate surface area is 106 Å². The van der Waals surface area contributed by atoms with Crippen molar-refractivity contribution in [3.8, 4) is 0 Å². The van der Waals surface area contributed by atoms with Crippen LogP contribution in [0.4, 0.5) is 0 Å². The number of carbonyl (C=O) groups excluding carboxylic acids is 1. The Morgan fingerprint density at radius 3 is 2.44 bits per heavy atom. The van der Waals surface area contributed by atoms with Crippen molar-refractivity contribution in [1.82, 2.24) is 0 Å². The maximum absolute atomic E-state index is 11.6. The van der Waals surface area contributed by atoms with Crippen LogP contribution in [-0.4, -0.2) is 11.6 Å². The van der Waals surface area contributed by atoms with Gasteiger partial charge >= 0.3 is 5.97 Å². The van der Waals surface area contributed by atoms with Crippen LogP contribution in [0.1, 0.15) is 26.3 Å². The van der Waals surface area contributed by atoms with Crippen molar-refractivity contribution in [3.63, 3.8) is 0 Å². The molecule has 0 radical (unpaired) electrons. The van der Waals surface area contributed by atoms with Crippen molar-refractivity contribution in [2.45, 2.75) is 32.8 Å². The van der Waals surface area contributed by atoms with Crippen LogP contribution >= 0.6 is 23.2 Å². The molecule has 88 valence electrons. The number of ether oxygens (including phenoxy) is 1. The zero-order valence-electron chi connectivity index (χ0n) is 9.51. The molecule has 1 aromatic rings. The summed E-state index contributed by atoms with van der Waals surface area (Å²) < 4.78 is 5.20. The SMILES string of the molecule is CC(C)(C)OC(=O)Cc1ccc(Cl)cc1Cl. The summed E-state index contributed by atoms with van der Waals surface area (Å²) in [5.41, 5.74) is 0.246. The molecule has 0 amide bonds. The largest absolute Gasteiger partial charge is 0.460 e. The Bertz CT molecular complexity index is 394. The van der Waals surface area contributed by atoms with Crippen LogP contribution in [0.3, 0.4) is 0 Å². The van der Waals surface area contributed by atoms with E-state index in [4.69, 9.17) is 27.9 Å². The highest BCUT2D eigenvalue weighted by molar-refractivity contribution is 6.35. The smallest absolute Gasteiger partial charge is 0.310 e. The second kappa shape index (κ2) is 5.07. The van der Waals surface area contributed by atoms with Crippen LogP contribution in [0.25, 0.3) is 0 Å². The summed E-state index contributed by atoms with van der Waals surface area (Å²) in [7, 11) is 0. The molecule has 0 N–H and O–H groups in total. The lowest BCUT2D eigenvalue weighted by Gasteiger charge is -2.19. The third-order valence-electron chi connectivity index (χ3n) is 1.77. The third kappa shape index (κ3) is 4.42. The highest BCUT2D eigenvalue weighted by Crippen LogP contribution is 2.22. The fraction of sp³-hybridized carbons (Fsp3) is 0.417. The van der Waals surface area contributed by atoms with Crippen molar-refractivity contribution >= 4 is 29.2 Å². The number of carbonyl (C=O) groups is 1. The first-order valence-corrected chi connectivity index (χ1v) is 5.69. The fourth-order valence-corrected chi connectivity index (χ4v) is 1.67. The summed E-state index contributed by atoms with van der Waals surface area (Å²) in [6.07, 6.45) is 0.160. The van der Waals surface area contributed by atoms with E-state index in [1.807, 2.05) is 20.8 Å². The van der Waals surface area contributed by atoms with Gasteiger partial charge in [-0.3, -0.25) is 4.79 Å². The van der Waals surface area contributed by atoms with Gasteiger partial charge in [-0.2, -0.15) is 0 Å². The van der Waals surface area contributed by atoms with Gasteiger partial charge in [0.1, 0.15) is 5.60 Å². The van der Waals surface area contributed by atoms with Crippen molar-refractivity contribution in [1.29, 1.82) is 0 Å². The summed E-state index contributed by atoms with van der Waals surface area (Å²) in [6.45, 7) is 5.48. The van der Waals surface area contributed by atoms with Gasteiger partial charge in [0, 0.05) is 10.0 Å². The molecule has 0 fully saturated rings. The molecule has 0 spiro atoms. The molecular weight excluding hydrogens is 247 g/mol. The van der Waals surface area contributed by atoms with Crippen LogP contribution in [0.15, 0.2) is 18.2 Å². The van der Waals surface area contributed by atoms with Crippen molar-refractivity contribution in [2.24, 2.45) is 0 Å². The second-order valence-corrected chi connectivity index (χ2v) is 5.34. The van der Waals surface area contributed by atoms with E-state index in [0.29, 0.717) is 10.0 Å². The highest BCUT2D eigenvalue weighted by atomic mass is 35.5. The molecule has 0 aromatic heterocycles. The molecule has 1 aromatic carbocycles. The normalized spacial score (nSPS) is 11.3. The maximum atomic E-state index is 11.6. The molecule has 0 saturated heterocycles. The summed E-state index contributed by atoms with van der Waals surface area (Å²) in [5, 5.41) is 1.04. The zero-order valence-corrected chi connectivity index (χ0v) is 11.0. The highest BCUT2D eigenvalue weighted by Gasteiger charge is 2.17. The predicted octanol–water partition coefficient (Wildman–Crippen LogP) is 3.88. The number of halogens is 2. The van der Waals surface area contributed by atoms with Gasteiger partial charge in [0.05, 0.1) is 6.42 Å². The van der Waals surface area contributed by atoms with Crippen LogP contribution in [-0.2, 0) is 16.0 Å². The topological polar surface area (TPSA) is 26.3 Å². The Kier molecular flexibility index (Phi) is 4.22. The van der Waals surface area contributed by atoms with E-state index < -0.39 is 5.60 Å². The van der Waals surface area contributed by atoms with Crippen molar-refractivity contribution < 1.29 is 9.53 Å². The van der Waals surface area contributed by atoms with Gasteiger partial charge in [0.25, 0.3) is 0 Å². The van der Waals surface area contributed by atoms with Crippen molar-refractivity contribution in [3.05, 3.63) is 33.8 Å². The summed E-state index contributed by atoms with van der Waals surface area (Å²) in [5.74, 6) is -0.295. The van der Waals surface area contributed by atoms with E-state index in [1.165, 1.54) is 0 Å². The molecule has 0 atom stereocenters. The van der Waals surface area contributed by atoms with Gasteiger partial charge in [-0.15, -0.1) is 0 Å². The minimum absolute atomic E-state index is 0.160. The molecule has 0 aliphatic rings. The van der Waals surface area contributed by atoms with Gasteiger partial charge in [0.2, 0.25) is 0 Å². The number of hydrogen-bond acceptors (Lipinski definition) is 2. The average molecular weight is 261 g/mol. The van der Waals surface area contributed by atoms with Crippen molar-refractivity contribution in [2.75, 3.05) is 0 Å². The van der Waals surface area contributed by atoms with E-state index in [1.54, 1.807) is 18.2 Å². The fourth-order valence-electron chi connectivity index (χ4n) is 1.20. The average Bonchev–Trinajstić information content (AvgIpc) is 2.06. The minimum atomic E-state index is -0.476. The van der Waals surface area contributed by atoms with Crippen LogP contribution in [0.2, 0.25) is 10.0 Å². The molecule has 0 unspecified atom stereocenters. The molecule has 0 aliphatic heterocycles. The molecular formula is C12H14Cl2O2. The lowest BCUT2D eigenvalue weighted by molar-refractivity contribution is -0.153. The molecule has 0 heterocycles. The van der Waals surface area contributed by atoms with E-state index in [0.717, 1.165) is 5.56 Å². The van der Waals surface area contributed by atoms with E-state index in [2.05, 4.69) is 0 Å². The van der Waals surface area contributed by atoms with Crippen LogP contribution < -0.4 is 0 Å². The standard InChI is InChI=1S/C12H14Cl2O2/c1-12(2,3)16-11(15)6-8-4-5-9(13)7-10(8)14/h4-5,7H,6H2,1-3H3. The number of esters is 1. The summed E-state index contributed by atoms with van der Waals surface area (Å²) in [4.78, 5) is 11.6. The molecule has 0 aliphatic carbocycles. The predicted molar refractivity (Wildman–Crippen MR) is 66.0 cm³/mol. The minimum Gasteiger partial charge on any atom is -0.460 e. The quantitative estimate of drug-likeness (QED) is 0.755. The molecule has 0 saturated carbocycles. The Balaban J connectivity index is 2.70. The lowest BCUT2D eigenvalue weighted by Crippen LogP contribution is -2.24.